The van der Waals surface area contributed by atoms with E-state index in [0.29, 0.717) is 13.0 Å². The van der Waals surface area contributed by atoms with Crippen molar-refractivity contribution in [3.8, 4) is 0 Å². The molecule has 0 radical (unpaired) electrons. The summed E-state index contributed by atoms with van der Waals surface area (Å²) in [6.45, 7) is 5.44. The van der Waals surface area contributed by atoms with Crippen LogP contribution < -0.4 is 5.32 Å². The van der Waals surface area contributed by atoms with Crippen LogP contribution in [0.1, 0.15) is 33.6 Å². The van der Waals surface area contributed by atoms with Crippen molar-refractivity contribution in [2.24, 2.45) is 0 Å². The normalized spacial score (nSPS) is 46.9. The second-order valence-corrected chi connectivity index (χ2v) is 6.33. The number of hydrogen-bond donors (Lipinski definition) is 2. The first-order chi connectivity index (χ1) is 8.83. The standard InChI is InChI=1S/C13H21NO5/c1-8(16)14-12-4-5-13(6-15,17-7-12)10-9(12)18-11(2,3)19-10/h9-10,15H,4-7H2,1-3H3,(H,14,16). The predicted octanol–water partition coefficient (Wildman–Crippen LogP) is -0.0635. The van der Waals surface area contributed by atoms with Gasteiger partial charge in [0.15, 0.2) is 5.79 Å². The first-order valence-corrected chi connectivity index (χ1v) is 6.72. The van der Waals surface area contributed by atoms with E-state index < -0.39 is 16.9 Å². The minimum Gasteiger partial charge on any atom is -0.393 e. The van der Waals surface area contributed by atoms with E-state index in [1.165, 1.54) is 6.92 Å². The van der Waals surface area contributed by atoms with E-state index in [9.17, 15) is 9.90 Å². The van der Waals surface area contributed by atoms with Gasteiger partial charge in [-0.3, -0.25) is 4.79 Å². The third-order valence-electron chi connectivity index (χ3n) is 4.46. The monoisotopic (exact) mass is 271 g/mol. The van der Waals surface area contributed by atoms with Crippen molar-refractivity contribution < 1.29 is 24.1 Å². The molecule has 1 aliphatic carbocycles. The molecule has 4 atom stereocenters. The highest BCUT2D eigenvalue weighted by Crippen LogP contribution is 2.51. The third-order valence-corrected chi connectivity index (χ3v) is 4.46. The van der Waals surface area contributed by atoms with Crippen molar-refractivity contribution in [2.75, 3.05) is 13.2 Å². The number of carbonyl (C=O) groups is 1. The molecule has 108 valence electrons. The maximum absolute atomic E-state index is 11.5. The second-order valence-electron chi connectivity index (χ2n) is 6.33. The van der Waals surface area contributed by atoms with E-state index >= 15 is 0 Å². The van der Waals surface area contributed by atoms with Gasteiger partial charge in [0.2, 0.25) is 5.91 Å². The van der Waals surface area contributed by atoms with Crippen molar-refractivity contribution in [3.63, 3.8) is 0 Å². The minimum atomic E-state index is -0.725. The van der Waals surface area contributed by atoms with Crippen LogP contribution in [0, 0.1) is 0 Å². The van der Waals surface area contributed by atoms with Crippen LogP contribution in [0.3, 0.4) is 0 Å². The lowest BCUT2D eigenvalue weighted by molar-refractivity contribution is -0.248. The van der Waals surface area contributed by atoms with Gasteiger partial charge in [-0.1, -0.05) is 0 Å². The van der Waals surface area contributed by atoms with Gasteiger partial charge in [-0.2, -0.15) is 0 Å². The Morgan fingerprint density at radius 2 is 2.00 bits per heavy atom. The Labute approximate surface area is 112 Å². The van der Waals surface area contributed by atoms with Gasteiger partial charge in [-0.05, 0) is 26.7 Å². The van der Waals surface area contributed by atoms with Crippen molar-refractivity contribution in [1.82, 2.24) is 5.32 Å². The Kier molecular flexibility index (Phi) is 2.74. The third kappa shape index (κ3) is 1.81. The molecule has 19 heavy (non-hydrogen) atoms. The summed E-state index contributed by atoms with van der Waals surface area (Å²) in [5, 5.41) is 12.7. The Morgan fingerprint density at radius 1 is 1.32 bits per heavy atom. The number of ether oxygens (including phenoxy) is 3. The molecule has 1 amide bonds. The molecule has 4 rings (SSSR count). The molecule has 6 heteroatoms. The quantitative estimate of drug-likeness (QED) is 0.735. The lowest BCUT2D eigenvalue weighted by Crippen LogP contribution is -2.76. The lowest BCUT2D eigenvalue weighted by Gasteiger charge is -2.57. The molecule has 3 aliphatic heterocycles. The predicted molar refractivity (Wildman–Crippen MR) is 65.4 cm³/mol. The highest BCUT2D eigenvalue weighted by atomic mass is 16.8. The summed E-state index contributed by atoms with van der Waals surface area (Å²) in [4.78, 5) is 11.5. The Bertz CT molecular complexity index is 400. The van der Waals surface area contributed by atoms with Crippen LogP contribution in [-0.2, 0) is 19.0 Å². The van der Waals surface area contributed by atoms with Crippen molar-refractivity contribution in [1.29, 1.82) is 0 Å². The SMILES string of the molecule is CC(=O)NC12CCC(CO)(OC1)C1OC(C)(C)OC12. The number of rotatable bonds is 2. The average molecular weight is 271 g/mol. The smallest absolute Gasteiger partial charge is 0.217 e. The molecule has 2 N–H and O–H groups in total. The van der Waals surface area contributed by atoms with E-state index in [2.05, 4.69) is 5.32 Å². The lowest BCUT2D eigenvalue weighted by atomic mass is 9.67. The van der Waals surface area contributed by atoms with Gasteiger partial charge in [-0.15, -0.1) is 0 Å². The van der Waals surface area contributed by atoms with Gasteiger partial charge in [0, 0.05) is 6.92 Å². The Morgan fingerprint density at radius 3 is 2.53 bits per heavy atom. The zero-order chi connectivity index (χ0) is 13.9. The zero-order valence-electron chi connectivity index (χ0n) is 11.6. The van der Waals surface area contributed by atoms with Gasteiger partial charge in [-0.25, -0.2) is 0 Å². The summed E-state index contributed by atoms with van der Waals surface area (Å²) in [5.41, 5.74) is -1.24. The number of aliphatic hydroxyl groups excluding tert-OH is 1. The zero-order valence-corrected chi connectivity index (χ0v) is 11.6. The molecule has 0 aromatic carbocycles. The highest BCUT2D eigenvalue weighted by Gasteiger charge is 2.68. The first kappa shape index (κ1) is 13.3. The fraction of sp³-hybridized carbons (Fsp3) is 0.923. The molecule has 6 nitrogen and oxygen atoms in total. The fourth-order valence-electron chi connectivity index (χ4n) is 3.58. The van der Waals surface area contributed by atoms with Crippen LogP contribution in [0.2, 0.25) is 0 Å². The maximum atomic E-state index is 11.5. The number of hydrogen-bond acceptors (Lipinski definition) is 5. The van der Waals surface area contributed by atoms with Crippen LogP contribution >= 0.6 is 0 Å². The molecule has 0 aromatic heterocycles. The molecule has 4 aliphatic rings. The fourth-order valence-corrected chi connectivity index (χ4v) is 3.58. The minimum absolute atomic E-state index is 0.0935. The van der Waals surface area contributed by atoms with Crippen LogP contribution in [0.25, 0.3) is 0 Å². The molecule has 4 unspecified atom stereocenters. The first-order valence-electron chi connectivity index (χ1n) is 6.72. The highest BCUT2D eigenvalue weighted by molar-refractivity contribution is 5.74. The number of carbonyl (C=O) groups excluding carboxylic acids is 1. The average Bonchev–Trinajstić information content (AvgIpc) is 2.67. The van der Waals surface area contributed by atoms with E-state index in [4.69, 9.17) is 14.2 Å². The summed E-state index contributed by atoms with van der Waals surface area (Å²) >= 11 is 0. The summed E-state index contributed by atoms with van der Waals surface area (Å²) in [6.07, 6.45) is 0.765. The Balaban J connectivity index is 1.97. The summed E-state index contributed by atoms with van der Waals surface area (Å²) < 4.78 is 17.8. The van der Waals surface area contributed by atoms with Crippen LogP contribution in [0.5, 0.6) is 0 Å². The topological polar surface area (TPSA) is 77.0 Å². The molecular formula is C13H21NO5. The van der Waals surface area contributed by atoms with Gasteiger partial charge in [0.05, 0.1) is 18.8 Å². The van der Waals surface area contributed by atoms with Gasteiger partial charge in [0.1, 0.15) is 17.8 Å². The number of nitrogens with one attached hydrogen (secondary N) is 1. The summed E-state index contributed by atoms with van der Waals surface area (Å²) in [5.74, 6) is -0.827. The van der Waals surface area contributed by atoms with E-state index in [1.807, 2.05) is 13.8 Å². The maximum Gasteiger partial charge on any atom is 0.217 e. The Hall–Kier alpha value is -0.690. The molecule has 1 saturated carbocycles. The van der Waals surface area contributed by atoms with Crippen molar-refractivity contribution in [3.05, 3.63) is 0 Å². The summed E-state index contributed by atoms with van der Waals surface area (Å²) in [7, 11) is 0. The largest absolute Gasteiger partial charge is 0.393 e. The van der Waals surface area contributed by atoms with E-state index in [-0.39, 0.29) is 24.7 Å². The molecule has 3 heterocycles. The number of fused-ring (bicyclic) bond motifs is 2. The number of aliphatic hydroxyl groups is 1. The van der Waals surface area contributed by atoms with Crippen LogP contribution in [-0.4, -0.2) is 53.4 Å². The molecule has 2 bridgehead atoms. The van der Waals surface area contributed by atoms with Gasteiger partial charge >= 0.3 is 0 Å². The summed E-state index contributed by atoms with van der Waals surface area (Å²) in [6, 6.07) is 0. The van der Waals surface area contributed by atoms with E-state index in [1.54, 1.807) is 0 Å². The second kappa shape index (κ2) is 3.91. The molecule has 0 spiro atoms. The van der Waals surface area contributed by atoms with Crippen LogP contribution in [0.4, 0.5) is 0 Å². The van der Waals surface area contributed by atoms with Crippen molar-refractivity contribution in [2.45, 2.75) is 62.7 Å². The van der Waals surface area contributed by atoms with E-state index in [0.717, 1.165) is 6.42 Å². The van der Waals surface area contributed by atoms with Crippen molar-refractivity contribution >= 4 is 5.91 Å². The molecule has 4 fully saturated rings. The molecular weight excluding hydrogens is 250 g/mol. The number of amides is 1. The molecule has 3 saturated heterocycles. The van der Waals surface area contributed by atoms with Gasteiger partial charge in [0.25, 0.3) is 0 Å². The van der Waals surface area contributed by atoms with Gasteiger partial charge < -0.3 is 24.6 Å². The van der Waals surface area contributed by atoms with Crippen LogP contribution in [0.15, 0.2) is 0 Å². The molecule has 0 aromatic rings.